The molecule has 0 aromatic rings. The highest BCUT2D eigenvalue weighted by molar-refractivity contribution is 5.76. The van der Waals surface area contributed by atoms with Crippen molar-refractivity contribution in [2.75, 3.05) is 26.9 Å². The molecular formula is C10H21NO4. The zero-order chi connectivity index (χ0) is 11.5. The Labute approximate surface area is 90.4 Å². The summed E-state index contributed by atoms with van der Waals surface area (Å²) in [6.07, 6.45) is 2.23. The maximum absolute atomic E-state index is 11.3. The number of methoxy groups -OCH3 is 1. The highest BCUT2D eigenvalue weighted by atomic mass is 16.5. The summed E-state index contributed by atoms with van der Waals surface area (Å²) in [5.74, 6) is -0.0565. The summed E-state index contributed by atoms with van der Waals surface area (Å²) >= 11 is 0. The van der Waals surface area contributed by atoms with E-state index < -0.39 is 0 Å². The molecule has 0 aliphatic rings. The van der Waals surface area contributed by atoms with E-state index in [1.807, 2.05) is 0 Å². The molecule has 1 unspecified atom stereocenters. The van der Waals surface area contributed by atoms with Gasteiger partial charge in [0.1, 0.15) is 0 Å². The number of aliphatic hydroxyl groups is 2. The lowest BCUT2D eigenvalue weighted by Gasteiger charge is -2.16. The lowest BCUT2D eigenvalue weighted by molar-refractivity contribution is -0.122. The van der Waals surface area contributed by atoms with Crippen LogP contribution < -0.4 is 5.32 Å². The summed E-state index contributed by atoms with van der Waals surface area (Å²) in [4.78, 5) is 11.3. The maximum atomic E-state index is 11.3. The summed E-state index contributed by atoms with van der Waals surface area (Å²) in [5, 5.41) is 20.1. The first kappa shape index (κ1) is 14.3. The molecule has 90 valence electrons. The molecule has 1 atom stereocenters. The second-order valence-corrected chi connectivity index (χ2v) is 3.41. The van der Waals surface area contributed by atoms with E-state index in [0.29, 0.717) is 32.3 Å². The number of carbonyl (C=O) groups excluding carboxylic acids is 1. The summed E-state index contributed by atoms with van der Waals surface area (Å²) < 4.78 is 4.92. The lowest BCUT2D eigenvalue weighted by Crippen LogP contribution is -2.38. The molecule has 0 rings (SSSR count). The van der Waals surface area contributed by atoms with Crippen LogP contribution in [-0.2, 0) is 9.53 Å². The first-order chi connectivity index (χ1) is 7.24. The average molecular weight is 219 g/mol. The maximum Gasteiger partial charge on any atom is 0.220 e. The molecule has 0 aromatic heterocycles. The molecule has 0 aromatic carbocycles. The number of ether oxygens (including phenoxy) is 1. The quantitative estimate of drug-likeness (QED) is 0.464. The van der Waals surface area contributed by atoms with E-state index in [9.17, 15) is 4.79 Å². The van der Waals surface area contributed by atoms with Gasteiger partial charge in [0.15, 0.2) is 0 Å². The fourth-order valence-electron chi connectivity index (χ4n) is 1.25. The number of amides is 1. The Bertz CT molecular complexity index is 158. The van der Waals surface area contributed by atoms with Crippen LogP contribution in [0.25, 0.3) is 0 Å². The van der Waals surface area contributed by atoms with Crippen molar-refractivity contribution in [3.63, 3.8) is 0 Å². The fourth-order valence-corrected chi connectivity index (χ4v) is 1.25. The predicted octanol–water partition coefficient (Wildman–Crippen LogP) is -0.337. The smallest absolute Gasteiger partial charge is 0.220 e. The van der Waals surface area contributed by atoms with E-state index in [1.165, 1.54) is 0 Å². The third-order valence-corrected chi connectivity index (χ3v) is 2.02. The van der Waals surface area contributed by atoms with Crippen molar-refractivity contribution in [2.45, 2.75) is 31.7 Å². The molecule has 5 nitrogen and oxygen atoms in total. The minimum Gasteiger partial charge on any atom is -0.396 e. The lowest BCUT2D eigenvalue weighted by atomic mass is 10.2. The molecule has 3 N–H and O–H groups in total. The van der Waals surface area contributed by atoms with Gasteiger partial charge in [-0.05, 0) is 19.3 Å². The van der Waals surface area contributed by atoms with Crippen LogP contribution in [0.2, 0.25) is 0 Å². The Hall–Kier alpha value is -0.650. The number of unbranched alkanes of at least 4 members (excludes halogenated alkanes) is 1. The van der Waals surface area contributed by atoms with Crippen LogP contribution in [0.1, 0.15) is 25.7 Å². The Morgan fingerprint density at radius 3 is 2.60 bits per heavy atom. The standard InChI is InChI=1S/C10H21NO4/c1-15-8-9(5-7-13)11-10(14)4-2-3-6-12/h9,12-13H,2-8H2,1H3,(H,11,14). The first-order valence-electron chi connectivity index (χ1n) is 5.24. The largest absolute Gasteiger partial charge is 0.396 e. The van der Waals surface area contributed by atoms with Gasteiger partial charge in [0.05, 0.1) is 12.6 Å². The SMILES string of the molecule is COCC(CCO)NC(=O)CCCCO. The van der Waals surface area contributed by atoms with Crippen molar-refractivity contribution in [3.8, 4) is 0 Å². The molecule has 0 bridgehead atoms. The number of aliphatic hydroxyl groups excluding tert-OH is 2. The summed E-state index contributed by atoms with van der Waals surface area (Å²) in [5.41, 5.74) is 0. The van der Waals surface area contributed by atoms with Crippen molar-refractivity contribution in [1.29, 1.82) is 0 Å². The van der Waals surface area contributed by atoms with Crippen molar-refractivity contribution in [2.24, 2.45) is 0 Å². The summed E-state index contributed by atoms with van der Waals surface area (Å²) in [6, 6.07) is -0.123. The van der Waals surface area contributed by atoms with E-state index in [-0.39, 0.29) is 25.2 Å². The van der Waals surface area contributed by atoms with Gasteiger partial charge in [-0.1, -0.05) is 0 Å². The Morgan fingerprint density at radius 2 is 2.07 bits per heavy atom. The molecule has 15 heavy (non-hydrogen) atoms. The topological polar surface area (TPSA) is 78.8 Å². The fraction of sp³-hybridized carbons (Fsp3) is 0.900. The molecule has 0 radical (unpaired) electrons. The van der Waals surface area contributed by atoms with Gasteiger partial charge in [0.2, 0.25) is 5.91 Å². The number of hydrogen-bond acceptors (Lipinski definition) is 4. The number of rotatable bonds is 9. The minimum absolute atomic E-state index is 0.0327. The highest BCUT2D eigenvalue weighted by Crippen LogP contribution is 1.97. The molecule has 1 amide bonds. The second-order valence-electron chi connectivity index (χ2n) is 3.41. The Kier molecular flexibility index (Phi) is 9.46. The third kappa shape index (κ3) is 8.35. The van der Waals surface area contributed by atoms with E-state index in [4.69, 9.17) is 14.9 Å². The molecule has 0 saturated carbocycles. The van der Waals surface area contributed by atoms with Gasteiger partial charge >= 0.3 is 0 Å². The molecule has 0 heterocycles. The van der Waals surface area contributed by atoms with Gasteiger partial charge < -0.3 is 20.3 Å². The molecule has 0 fully saturated rings. The molecule has 0 aliphatic heterocycles. The zero-order valence-corrected chi connectivity index (χ0v) is 9.24. The van der Waals surface area contributed by atoms with Gasteiger partial charge in [0, 0.05) is 26.7 Å². The number of hydrogen-bond donors (Lipinski definition) is 3. The van der Waals surface area contributed by atoms with Crippen molar-refractivity contribution >= 4 is 5.91 Å². The number of carbonyl (C=O) groups is 1. The number of nitrogens with one attached hydrogen (secondary N) is 1. The van der Waals surface area contributed by atoms with E-state index >= 15 is 0 Å². The normalized spacial score (nSPS) is 12.5. The second kappa shape index (κ2) is 9.89. The van der Waals surface area contributed by atoms with Gasteiger partial charge in [-0.15, -0.1) is 0 Å². The summed E-state index contributed by atoms with van der Waals surface area (Å²) in [6.45, 7) is 0.558. The van der Waals surface area contributed by atoms with Gasteiger partial charge in [-0.25, -0.2) is 0 Å². The minimum atomic E-state index is -0.123. The third-order valence-electron chi connectivity index (χ3n) is 2.02. The summed E-state index contributed by atoms with van der Waals surface area (Å²) in [7, 11) is 1.56. The van der Waals surface area contributed by atoms with Crippen molar-refractivity contribution < 1.29 is 19.7 Å². The monoisotopic (exact) mass is 219 g/mol. The van der Waals surface area contributed by atoms with E-state index in [0.717, 1.165) is 0 Å². The Morgan fingerprint density at radius 1 is 1.33 bits per heavy atom. The molecule has 0 saturated heterocycles. The van der Waals surface area contributed by atoms with Crippen LogP contribution in [0.15, 0.2) is 0 Å². The van der Waals surface area contributed by atoms with E-state index in [1.54, 1.807) is 7.11 Å². The molecule has 0 aliphatic carbocycles. The van der Waals surface area contributed by atoms with Gasteiger partial charge in [0.25, 0.3) is 0 Å². The average Bonchev–Trinajstić information content (AvgIpc) is 2.19. The highest BCUT2D eigenvalue weighted by Gasteiger charge is 2.10. The zero-order valence-electron chi connectivity index (χ0n) is 9.24. The van der Waals surface area contributed by atoms with Crippen LogP contribution in [0.5, 0.6) is 0 Å². The van der Waals surface area contributed by atoms with Gasteiger partial charge in [-0.3, -0.25) is 4.79 Å². The molecule has 0 spiro atoms. The van der Waals surface area contributed by atoms with Crippen molar-refractivity contribution in [1.82, 2.24) is 5.32 Å². The van der Waals surface area contributed by atoms with Crippen LogP contribution in [0.3, 0.4) is 0 Å². The van der Waals surface area contributed by atoms with Crippen LogP contribution in [-0.4, -0.2) is 49.1 Å². The van der Waals surface area contributed by atoms with Crippen LogP contribution >= 0.6 is 0 Å². The van der Waals surface area contributed by atoms with Crippen LogP contribution in [0, 0.1) is 0 Å². The molecule has 5 heteroatoms. The molecular weight excluding hydrogens is 198 g/mol. The Balaban J connectivity index is 3.67. The van der Waals surface area contributed by atoms with Crippen molar-refractivity contribution in [3.05, 3.63) is 0 Å². The predicted molar refractivity (Wildman–Crippen MR) is 56.4 cm³/mol. The van der Waals surface area contributed by atoms with Crippen LogP contribution in [0.4, 0.5) is 0 Å². The van der Waals surface area contributed by atoms with Gasteiger partial charge in [-0.2, -0.15) is 0 Å². The van der Waals surface area contributed by atoms with E-state index in [2.05, 4.69) is 5.32 Å². The first-order valence-corrected chi connectivity index (χ1v) is 5.24.